The number of carbonyl (C=O) groups excluding carboxylic acids is 1. The number of hydrogen-bond acceptors (Lipinski definition) is 2. The Balaban J connectivity index is 2.85. The first-order valence-corrected chi connectivity index (χ1v) is 5.11. The summed E-state index contributed by atoms with van der Waals surface area (Å²) >= 11 is 0. The third-order valence-electron chi connectivity index (χ3n) is 2.46. The molecule has 1 aromatic rings. The number of rotatable bonds is 3. The Morgan fingerprint density at radius 1 is 1.47 bits per heavy atom. The summed E-state index contributed by atoms with van der Waals surface area (Å²) in [5, 5.41) is 2.85. The number of amides is 1. The molecule has 1 aromatic carbocycles. The van der Waals surface area contributed by atoms with Gasteiger partial charge in [-0.05, 0) is 31.9 Å². The molecule has 0 saturated heterocycles. The van der Waals surface area contributed by atoms with Crippen LogP contribution >= 0.6 is 0 Å². The molecule has 0 heterocycles. The van der Waals surface area contributed by atoms with Gasteiger partial charge in [-0.15, -0.1) is 0 Å². The standard InChI is InChI=1S/C12H18N2O/c1-8-4-5-9(2)11(6-8)10(3)14-12(15)7-13/h4-6,10H,7,13H2,1-3H3,(H,14,15). The highest BCUT2D eigenvalue weighted by atomic mass is 16.1. The molecule has 0 aliphatic rings. The summed E-state index contributed by atoms with van der Waals surface area (Å²) in [7, 11) is 0. The SMILES string of the molecule is Cc1ccc(C)c(C(C)NC(=O)CN)c1. The summed E-state index contributed by atoms with van der Waals surface area (Å²) in [6.07, 6.45) is 0. The first kappa shape index (κ1) is 11.7. The van der Waals surface area contributed by atoms with Gasteiger partial charge in [-0.2, -0.15) is 0 Å². The van der Waals surface area contributed by atoms with Crippen molar-refractivity contribution in [1.29, 1.82) is 0 Å². The molecule has 0 radical (unpaired) electrons. The lowest BCUT2D eigenvalue weighted by Gasteiger charge is -2.16. The molecule has 1 unspecified atom stereocenters. The lowest BCUT2D eigenvalue weighted by molar-refractivity contribution is -0.120. The van der Waals surface area contributed by atoms with E-state index in [0.717, 1.165) is 5.56 Å². The van der Waals surface area contributed by atoms with Crippen LogP contribution in [0.1, 0.15) is 29.7 Å². The molecule has 1 amide bonds. The summed E-state index contributed by atoms with van der Waals surface area (Å²) in [4.78, 5) is 11.2. The average Bonchev–Trinajstić information content (AvgIpc) is 2.21. The van der Waals surface area contributed by atoms with Crippen LogP contribution in [0.15, 0.2) is 18.2 Å². The van der Waals surface area contributed by atoms with Crippen LogP contribution in [-0.2, 0) is 4.79 Å². The van der Waals surface area contributed by atoms with Crippen molar-refractivity contribution in [2.75, 3.05) is 6.54 Å². The van der Waals surface area contributed by atoms with Crippen LogP contribution in [0.4, 0.5) is 0 Å². The molecule has 82 valence electrons. The predicted octanol–water partition coefficient (Wildman–Crippen LogP) is 1.44. The van der Waals surface area contributed by atoms with Crippen LogP contribution in [0.5, 0.6) is 0 Å². The van der Waals surface area contributed by atoms with Gasteiger partial charge in [-0.1, -0.05) is 23.8 Å². The summed E-state index contributed by atoms with van der Waals surface area (Å²) in [5.41, 5.74) is 8.79. The number of nitrogens with two attached hydrogens (primary N) is 1. The van der Waals surface area contributed by atoms with Gasteiger partial charge < -0.3 is 11.1 Å². The van der Waals surface area contributed by atoms with E-state index in [4.69, 9.17) is 5.73 Å². The van der Waals surface area contributed by atoms with E-state index >= 15 is 0 Å². The highest BCUT2D eigenvalue weighted by molar-refractivity contribution is 5.78. The minimum absolute atomic E-state index is 0.0148. The second-order valence-corrected chi connectivity index (χ2v) is 3.85. The Labute approximate surface area is 90.7 Å². The van der Waals surface area contributed by atoms with Gasteiger partial charge in [0.05, 0.1) is 12.6 Å². The van der Waals surface area contributed by atoms with Crippen molar-refractivity contribution in [3.8, 4) is 0 Å². The van der Waals surface area contributed by atoms with Gasteiger partial charge in [0, 0.05) is 0 Å². The third kappa shape index (κ3) is 3.06. The molecular formula is C12H18N2O. The fourth-order valence-corrected chi connectivity index (χ4v) is 1.60. The van der Waals surface area contributed by atoms with E-state index in [2.05, 4.69) is 23.5 Å². The van der Waals surface area contributed by atoms with E-state index in [1.807, 2.05) is 20.8 Å². The van der Waals surface area contributed by atoms with E-state index < -0.39 is 0 Å². The maximum absolute atomic E-state index is 11.2. The van der Waals surface area contributed by atoms with Gasteiger partial charge in [0.15, 0.2) is 0 Å². The summed E-state index contributed by atoms with van der Waals surface area (Å²) in [6.45, 7) is 6.09. The van der Waals surface area contributed by atoms with Gasteiger partial charge in [-0.3, -0.25) is 4.79 Å². The van der Waals surface area contributed by atoms with Crippen molar-refractivity contribution >= 4 is 5.91 Å². The number of carbonyl (C=O) groups is 1. The Hall–Kier alpha value is -1.35. The first-order valence-electron chi connectivity index (χ1n) is 5.11. The van der Waals surface area contributed by atoms with Crippen molar-refractivity contribution in [2.24, 2.45) is 5.73 Å². The normalized spacial score (nSPS) is 12.3. The second kappa shape index (κ2) is 4.94. The molecule has 0 bridgehead atoms. The molecule has 1 atom stereocenters. The Morgan fingerprint density at radius 3 is 2.73 bits per heavy atom. The Kier molecular flexibility index (Phi) is 3.86. The van der Waals surface area contributed by atoms with Crippen molar-refractivity contribution < 1.29 is 4.79 Å². The Morgan fingerprint density at radius 2 is 2.13 bits per heavy atom. The van der Waals surface area contributed by atoms with Gasteiger partial charge in [0.25, 0.3) is 0 Å². The average molecular weight is 206 g/mol. The molecule has 3 N–H and O–H groups in total. The van der Waals surface area contributed by atoms with Crippen LogP contribution in [-0.4, -0.2) is 12.5 Å². The minimum Gasteiger partial charge on any atom is -0.348 e. The zero-order valence-electron chi connectivity index (χ0n) is 9.50. The molecule has 0 aromatic heterocycles. The molecule has 0 saturated carbocycles. The molecule has 0 aliphatic carbocycles. The molecule has 3 heteroatoms. The van der Waals surface area contributed by atoms with Gasteiger partial charge in [0.2, 0.25) is 5.91 Å². The molecule has 0 aliphatic heterocycles. The zero-order valence-corrected chi connectivity index (χ0v) is 9.50. The maximum Gasteiger partial charge on any atom is 0.234 e. The predicted molar refractivity (Wildman–Crippen MR) is 61.5 cm³/mol. The monoisotopic (exact) mass is 206 g/mol. The zero-order chi connectivity index (χ0) is 11.4. The fraction of sp³-hybridized carbons (Fsp3) is 0.417. The number of hydrogen-bond donors (Lipinski definition) is 2. The number of aryl methyl sites for hydroxylation is 2. The van der Waals surface area contributed by atoms with Crippen LogP contribution in [0.25, 0.3) is 0 Å². The van der Waals surface area contributed by atoms with E-state index in [1.54, 1.807) is 0 Å². The lowest BCUT2D eigenvalue weighted by atomic mass is 10.00. The highest BCUT2D eigenvalue weighted by Gasteiger charge is 2.10. The Bertz CT molecular complexity index is 361. The molecule has 1 rings (SSSR count). The topological polar surface area (TPSA) is 55.1 Å². The molecule has 3 nitrogen and oxygen atoms in total. The third-order valence-corrected chi connectivity index (χ3v) is 2.46. The summed E-state index contributed by atoms with van der Waals surface area (Å²) in [5.74, 6) is -0.122. The first-order chi connectivity index (χ1) is 7.04. The summed E-state index contributed by atoms with van der Waals surface area (Å²) in [6, 6.07) is 6.24. The fourth-order valence-electron chi connectivity index (χ4n) is 1.60. The van der Waals surface area contributed by atoms with E-state index in [9.17, 15) is 4.79 Å². The van der Waals surface area contributed by atoms with Crippen molar-refractivity contribution in [1.82, 2.24) is 5.32 Å². The summed E-state index contributed by atoms with van der Waals surface area (Å²) < 4.78 is 0. The molecule has 0 fully saturated rings. The second-order valence-electron chi connectivity index (χ2n) is 3.85. The van der Waals surface area contributed by atoms with Crippen molar-refractivity contribution in [3.63, 3.8) is 0 Å². The molecule has 0 spiro atoms. The minimum atomic E-state index is -0.122. The lowest BCUT2D eigenvalue weighted by Crippen LogP contribution is -2.32. The largest absolute Gasteiger partial charge is 0.348 e. The maximum atomic E-state index is 11.2. The van der Waals surface area contributed by atoms with Crippen molar-refractivity contribution in [2.45, 2.75) is 26.8 Å². The smallest absolute Gasteiger partial charge is 0.234 e. The van der Waals surface area contributed by atoms with Crippen LogP contribution in [0.3, 0.4) is 0 Å². The molecular weight excluding hydrogens is 188 g/mol. The number of nitrogens with one attached hydrogen (secondary N) is 1. The van der Waals surface area contributed by atoms with Crippen LogP contribution < -0.4 is 11.1 Å². The van der Waals surface area contributed by atoms with E-state index in [-0.39, 0.29) is 18.5 Å². The van der Waals surface area contributed by atoms with Crippen molar-refractivity contribution in [3.05, 3.63) is 34.9 Å². The van der Waals surface area contributed by atoms with Crippen LogP contribution in [0.2, 0.25) is 0 Å². The van der Waals surface area contributed by atoms with E-state index in [0.29, 0.717) is 0 Å². The number of benzene rings is 1. The van der Waals surface area contributed by atoms with Gasteiger partial charge in [-0.25, -0.2) is 0 Å². The van der Waals surface area contributed by atoms with Crippen LogP contribution in [0, 0.1) is 13.8 Å². The van der Waals surface area contributed by atoms with E-state index in [1.165, 1.54) is 11.1 Å². The van der Waals surface area contributed by atoms with Gasteiger partial charge >= 0.3 is 0 Å². The molecule has 15 heavy (non-hydrogen) atoms. The van der Waals surface area contributed by atoms with Gasteiger partial charge in [0.1, 0.15) is 0 Å². The highest BCUT2D eigenvalue weighted by Crippen LogP contribution is 2.18. The quantitative estimate of drug-likeness (QED) is 0.786.